The fraction of sp³-hybridized carbons (Fsp3) is 0.933. The lowest BCUT2D eigenvalue weighted by molar-refractivity contribution is -0.130. The molecular formula is C15H29NO. The van der Waals surface area contributed by atoms with Crippen molar-refractivity contribution in [1.82, 2.24) is 0 Å². The largest absolute Gasteiger partial charge is 0.329 e. The Labute approximate surface area is 106 Å². The summed E-state index contributed by atoms with van der Waals surface area (Å²) in [5.74, 6) is 0.974. The molecule has 0 aliphatic heterocycles. The number of hydrogen-bond acceptors (Lipinski definition) is 2. The summed E-state index contributed by atoms with van der Waals surface area (Å²) in [6, 6.07) is 0. The number of carbonyl (C=O) groups is 1. The van der Waals surface area contributed by atoms with Crippen LogP contribution in [0.1, 0.15) is 71.6 Å². The van der Waals surface area contributed by atoms with E-state index in [4.69, 9.17) is 5.73 Å². The fourth-order valence-electron chi connectivity index (χ4n) is 3.13. The highest BCUT2D eigenvalue weighted by atomic mass is 16.1. The molecule has 0 amide bonds. The minimum atomic E-state index is -0.168. The smallest absolute Gasteiger partial charge is 0.140 e. The van der Waals surface area contributed by atoms with Crippen molar-refractivity contribution >= 4 is 5.78 Å². The van der Waals surface area contributed by atoms with Crippen LogP contribution in [0, 0.1) is 11.3 Å². The Morgan fingerprint density at radius 2 is 1.82 bits per heavy atom. The molecule has 1 unspecified atom stereocenters. The van der Waals surface area contributed by atoms with E-state index in [0.717, 1.165) is 25.7 Å². The molecule has 1 aliphatic rings. The molecular weight excluding hydrogens is 210 g/mol. The van der Waals surface area contributed by atoms with Crippen LogP contribution in [0.15, 0.2) is 0 Å². The molecule has 17 heavy (non-hydrogen) atoms. The van der Waals surface area contributed by atoms with Crippen LogP contribution in [-0.4, -0.2) is 12.3 Å². The van der Waals surface area contributed by atoms with Crippen molar-refractivity contribution in [2.24, 2.45) is 17.1 Å². The normalized spacial score (nSPS) is 21.8. The van der Waals surface area contributed by atoms with Gasteiger partial charge >= 0.3 is 0 Å². The maximum absolute atomic E-state index is 12.5. The van der Waals surface area contributed by atoms with Crippen LogP contribution < -0.4 is 5.73 Å². The number of nitrogens with two attached hydrogens (primary N) is 1. The topological polar surface area (TPSA) is 43.1 Å². The zero-order valence-corrected chi connectivity index (χ0v) is 11.6. The molecule has 0 aromatic carbocycles. The molecule has 2 nitrogen and oxygen atoms in total. The Kier molecular flexibility index (Phi) is 6.18. The number of carbonyl (C=O) groups excluding carboxylic acids is 1. The van der Waals surface area contributed by atoms with Gasteiger partial charge in [0.1, 0.15) is 5.78 Å². The van der Waals surface area contributed by atoms with Gasteiger partial charge < -0.3 is 5.73 Å². The molecule has 1 aliphatic carbocycles. The predicted molar refractivity (Wildman–Crippen MR) is 72.9 cm³/mol. The van der Waals surface area contributed by atoms with Crippen molar-refractivity contribution in [3.05, 3.63) is 0 Å². The van der Waals surface area contributed by atoms with Crippen molar-refractivity contribution in [1.29, 1.82) is 0 Å². The molecule has 0 spiro atoms. The van der Waals surface area contributed by atoms with Gasteiger partial charge in [-0.05, 0) is 18.8 Å². The molecule has 1 rings (SSSR count). The Hall–Kier alpha value is -0.370. The van der Waals surface area contributed by atoms with E-state index < -0.39 is 0 Å². The van der Waals surface area contributed by atoms with Crippen LogP contribution >= 0.6 is 0 Å². The van der Waals surface area contributed by atoms with Gasteiger partial charge in [-0.25, -0.2) is 0 Å². The maximum atomic E-state index is 12.5. The Morgan fingerprint density at radius 1 is 1.24 bits per heavy atom. The molecule has 2 N–H and O–H groups in total. The summed E-state index contributed by atoms with van der Waals surface area (Å²) >= 11 is 0. The van der Waals surface area contributed by atoms with Gasteiger partial charge in [0.2, 0.25) is 0 Å². The summed E-state index contributed by atoms with van der Waals surface area (Å²) < 4.78 is 0. The third-order valence-electron chi connectivity index (χ3n) is 4.36. The predicted octanol–water partition coefficient (Wildman–Crippen LogP) is 3.68. The van der Waals surface area contributed by atoms with Gasteiger partial charge in [0.15, 0.2) is 0 Å². The highest BCUT2D eigenvalue weighted by Gasteiger charge is 2.36. The lowest BCUT2D eigenvalue weighted by atomic mass is 9.74. The maximum Gasteiger partial charge on any atom is 0.140 e. The van der Waals surface area contributed by atoms with Gasteiger partial charge in [-0.1, -0.05) is 52.4 Å². The minimum Gasteiger partial charge on any atom is -0.329 e. The molecule has 2 heteroatoms. The first-order valence-electron chi connectivity index (χ1n) is 7.38. The minimum absolute atomic E-state index is 0.168. The average molecular weight is 239 g/mol. The quantitative estimate of drug-likeness (QED) is 0.718. The van der Waals surface area contributed by atoms with Gasteiger partial charge in [0.05, 0.1) is 0 Å². The zero-order chi connectivity index (χ0) is 12.7. The average Bonchev–Trinajstić information content (AvgIpc) is 2.55. The van der Waals surface area contributed by atoms with Gasteiger partial charge in [-0.15, -0.1) is 0 Å². The monoisotopic (exact) mass is 239 g/mol. The third-order valence-corrected chi connectivity index (χ3v) is 4.36. The Bertz CT molecular complexity index is 229. The van der Waals surface area contributed by atoms with E-state index in [1.54, 1.807) is 0 Å². The molecule has 0 bridgehead atoms. The van der Waals surface area contributed by atoms with Crippen molar-refractivity contribution in [3.63, 3.8) is 0 Å². The molecule has 0 aromatic rings. The van der Waals surface area contributed by atoms with E-state index in [0.29, 0.717) is 18.2 Å². The number of rotatable bonds is 6. The summed E-state index contributed by atoms with van der Waals surface area (Å²) in [4.78, 5) is 12.5. The molecule has 0 radical (unpaired) electrons. The molecule has 1 saturated carbocycles. The SMILES string of the molecule is CCCC(C)CC(=O)C1(CN)CCCCCC1. The van der Waals surface area contributed by atoms with E-state index in [1.807, 2.05) is 0 Å². The Balaban J connectivity index is 2.60. The van der Waals surface area contributed by atoms with Gasteiger partial charge in [-0.3, -0.25) is 4.79 Å². The summed E-state index contributed by atoms with van der Waals surface area (Å²) in [5, 5.41) is 0. The molecule has 0 heterocycles. The molecule has 0 aromatic heterocycles. The Morgan fingerprint density at radius 3 is 2.29 bits per heavy atom. The first-order valence-corrected chi connectivity index (χ1v) is 7.38. The number of Topliss-reactive ketones (excluding diaryl/α,β-unsaturated/α-hetero) is 1. The summed E-state index contributed by atoms with van der Waals surface area (Å²) in [5.41, 5.74) is 5.77. The van der Waals surface area contributed by atoms with E-state index in [2.05, 4.69) is 13.8 Å². The second-order valence-electron chi connectivity index (χ2n) is 5.92. The highest BCUT2D eigenvalue weighted by molar-refractivity contribution is 5.85. The first kappa shape index (κ1) is 14.7. The molecule has 100 valence electrons. The van der Waals surface area contributed by atoms with Crippen molar-refractivity contribution in [2.75, 3.05) is 6.54 Å². The lowest BCUT2D eigenvalue weighted by Crippen LogP contribution is -2.39. The second kappa shape index (κ2) is 7.15. The number of hydrogen-bond donors (Lipinski definition) is 1. The van der Waals surface area contributed by atoms with Crippen molar-refractivity contribution < 1.29 is 4.79 Å². The fourth-order valence-corrected chi connectivity index (χ4v) is 3.13. The van der Waals surface area contributed by atoms with Gasteiger partial charge in [-0.2, -0.15) is 0 Å². The van der Waals surface area contributed by atoms with Crippen LogP contribution in [0.4, 0.5) is 0 Å². The van der Waals surface area contributed by atoms with Crippen LogP contribution in [0.25, 0.3) is 0 Å². The van der Waals surface area contributed by atoms with Gasteiger partial charge in [0, 0.05) is 18.4 Å². The highest BCUT2D eigenvalue weighted by Crippen LogP contribution is 2.37. The van der Waals surface area contributed by atoms with Crippen LogP contribution in [0.2, 0.25) is 0 Å². The van der Waals surface area contributed by atoms with Crippen LogP contribution in [-0.2, 0) is 4.79 Å². The van der Waals surface area contributed by atoms with Crippen LogP contribution in [0.3, 0.4) is 0 Å². The summed E-state index contributed by atoms with van der Waals surface area (Å²) in [6.07, 6.45) is 10.1. The van der Waals surface area contributed by atoms with Gasteiger partial charge in [0.25, 0.3) is 0 Å². The summed E-state index contributed by atoms with van der Waals surface area (Å²) in [7, 11) is 0. The van der Waals surface area contributed by atoms with Crippen molar-refractivity contribution in [2.45, 2.75) is 71.6 Å². The van der Waals surface area contributed by atoms with E-state index >= 15 is 0 Å². The first-order chi connectivity index (χ1) is 8.14. The van der Waals surface area contributed by atoms with E-state index in [-0.39, 0.29) is 5.41 Å². The standard InChI is InChI=1S/C15H29NO/c1-3-8-13(2)11-14(17)15(12-16)9-6-4-5-7-10-15/h13H,3-12,16H2,1-2H3. The molecule has 0 saturated heterocycles. The van der Waals surface area contributed by atoms with Crippen molar-refractivity contribution in [3.8, 4) is 0 Å². The lowest BCUT2D eigenvalue weighted by Gasteiger charge is -2.30. The molecule has 1 atom stereocenters. The van der Waals surface area contributed by atoms with E-state index in [9.17, 15) is 4.79 Å². The van der Waals surface area contributed by atoms with Crippen LogP contribution in [0.5, 0.6) is 0 Å². The number of ketones is 1. The molecule has 1 fully saturated rings. The third kappa shape index (κ3) is 4.09. The van der Waals surface area contributed by atoms with E-state index in [1.165, 1.54) is 32.1 Å². The summed E-state index contributed by atoms with van der Waals surface area (Å²) in [6.45, 7) is 4.94. The second-order valence-corrected chi connectivity index (χ2v) is 5.92. The zero-order valence-electron chi connectivity index (χ0n) is 11.6.